The Labute approximate surface area is 267 Å². The zero-order valence-corrected chi connectivity index (χ0v) is 27.0. The molecule has 0 radical (unpaired) electrons. The van der Waals surface area contributed by atoms with Crippen LogP contribution in [0.25, 0.3) is 0 Å². The number of aliphatic hydroxyl groups is 1. The van der Waals surface area contributed by atoms with Gasteiger partial charge in [-0.2, -0.15) is 0 Å². The highest BCUT2D eigenvalue weighted by Crippen LogP contribution is 2.26. The molecule has 2 bridgehead atoms. The molecule has 1 aromatic carbocycles. The van der Waals surface area contributed by atoms with Gasteiger partial charge in [-0.05, 0) is 62.8 Å². The summed E-state index contributed by atoms with van der Waals surface area (Å²) < 4.78 is 11.4. The summed E-state index contributed by atoms with van der Waals surface area (Å²) in [7, 11) is 1.54. The third-order valence-electron chi connectivity index (χ3n) is 8.52. The number of aromatic hydroxyl groups is 1. The molecular weight excluding hydrogens is 572 g/mol. The van der Waals surface area contributed by atoms with Crippen molar-refractivity contribution in [1.29, 1.82) is 0 Å². The molecule has 4 N–H and O–H groups in total. The van der Waals surface area contributed by atoms with E-state index < -0.39 is 36.2 Å². The third-order valence-corrected chi connectivity index (χ3v) is 8.52. The van der Waals surface area contributed by atoms with E-state index in [1.165, 1.54) is 13.2 Å². The average Bonchev–Trinajstić information content (AvgIpc) is 3.01. The molecule has 5 unspecified atom stereocenters. The minimum atomic E-state index is -0.874. The van der Waals surface area contributed by atoms with E-state index in [0.29, 0.717) is 24.9 Å². The fraction of sp³-hybridized carbons (Fsp3) is 0.528. The van der Waals surface area contributed by atoms with Crippen LogP contribution >= 0.6 is 0 Å². The highest BCUT2D eigenvalue weighted by molar-refractivity contribution is 5.91. The van der Waals surface area contributed by atoms with Crippen LogP contribution in [0.15, 0.2) is 66.3 Å². The topological polar surface area (TPSA) is 134 Å². The van der Waals surface area contributed by atoms with Crippen LogP contribution in [0.5, 0.6) is 5.75 Å². The third kappa shape index (κ3) is 12.0. The van der Waals surface area contributed by atoms with E-state index in [1.54, 1.807) is 31.2 Å². The molecule has 9 heteroatoms. The van der Waals surface area contributed by atoms with E-state index in [2.05, 4.69) is 10.6 Å². The minimum Gasteiger partial charge on any atom is -0.508 e. The van der Waals surface area contributed by atoms with Crippen LogP contribution in [-0.2, 0) is 30.3 Å². The van der Waals surface area contributed by atoms with Gasteiger partial charge in [0.25, 0.3) is 0 Å². The summed E-state index contributed by atoms with van der Waals surface area (Å²) in [5.74, 6) is -1.33. The number of methoxy groups -OCH3 is 1. The molecular formula is C36H50N2O7. The Morgan fingerprint density at radius 1 is 1.07 bits per heavy atom. The molecule has 1 heterocycles. The quantitative estimate of drug-likeness (QED) is 0.245. The molecule has 1 aliphatic carbocycles. The standard InChI is InChI=1S/C36H50N2O7/c1-24-14-13-15-27-20-29(22-30(39)21-27)38-33(40)23-31(44-4)18-11-6-5-7-12-19-32(25(2)34(24)41)45-36(43)26(3)37-35(42)28-16-9-8-10-17-28/h5-7,11-12,14,18,20-22,25-26,28,31-32,34,39,41H,8-10,13,15-17,19,23H2,1-4H3,(H,37,42)(H,38,40)/b6-5-,12-7-,18-11+,24-14-. The lowest BCUT2D eigenvalue weighted by molar-refractivity contribution is -0.156. The van der Waals surface area contributed by atoms with E-state index in [4.69, 9.17) is 9.47 Å². The summed E-state index contributed by atoms with van der Waals surface area (Å²) in [4.78, 5) is 38.5. The molecule has 1 fully saturated rings. The number of ether oxygens (including phenoxy) is 2. The van der Waals surface area contributed by atoms with E-state index in [9.17, 15) is 24.6 Å². The number of aryl methyl sites for hydroxylation is 1. The van der Waals surface area contributed by atoms with Crippen LogP contribution in [0, 0.1) is 11.8 Å². The number of benzene rings is 1. The van der Waals surface area contributed by atoms with Gasteiger partial charge in [-0.15, -0.1) is 0 Å². The number of rotatable bonds is 5. The van der Waals surface area contributed by atoms with Crippen molar-refractivity contribution in [2.75, 3.05) is 12.4 Å². The second kappa shape index (κ2) is 18.3. The Morgan fingerprint density at radius 3 is 2.53 bits per heavy atom. The molecule has 246 valence electrons. The number of allylic oxidation sites excluding steroid dienone is 5. The number of anilines is 1. The number of amides is 2. The van der Waals surface area contributed by atoms with E-state index in [-0.39, 0.29) is 29.9 Å². The Balaban J connectivity index is 1.78. The largest absolute Gasteiger partial charge is 0.508 e. The van der Waals surface area contributed by atoms with Crippen molar-refractivity contribution in [3.63, 3.8) is 0 Å². The van der Waals surface area contributed by atoms with E-state index in [1.807, 2.05) is 44.2 Å². The first-order valence-corrected chi connectivity index (χ1v) is 16.1. The highest BCUT2D eigenvalue weighted by Gasteiger charge is 2.31. The maximum Gasteiger partial charge on any atom is 0.328 e. The van der Waals surface area contributed by atoms with Crippen LogP contribution in [0.3, 0.4) is 0 Å². The summed E-state index contributed by atoms with van der Waals surface area (Å²) in [5.41, 5.74) is 2.06. The van der Waals surface area contributed by atoms with Crippen LogP contribution in [0.2, 0.25) is 0 Å². The van der Waals surface area contributed by atoms with Gasteiger partial charge in [-0.3, -0.25) is 9.59 Å². The van der Waals surface area contributed by atoms with Crippen LogP contribution in [0.1, 0.15) is 77.7 Å². The first kappa shape index (κ1) is 35.8. The Morgan fingerprint density at radius 2 is 1.80 bits per heavy atom. The Hall–Kier alpha value is -3.69. The number of esters is 1. The minimum absolute atomic E-state index is 0.0465. The van der Waals surface area contributed by atoms with Gasteiger partial charge < -0.3 is 30.3 Å². The van der Waals surface area contributed by atoms with Gasteiger partial charge in [0, 0.05) is 37.1 Å². The van der Waals surface area contributed by atoms with Gasteiger partial charge in [0.2, 0.25) is 11.8 Å². The predicted molar refractivity (Wildman–Crippen MR) is 175 cm³/mol. The molecule has 0 saturated heterocycles. The number of carbonyl (C=O) groups excluding carboxylic acids is 3. The predicted octanol–water partition coefficient (Wildman–Crippen LogP) is 5.68. The number of nitrogens with one attached hydrogen (secondary N) is 2. The summed E-state index contributed by atoms with van der Waals surface area (Å²) in [6, 6.07) is 4.16. The van der Waals surface area contributed by atoms with Gasteiger partial charge in [-0.25, -0.2) is 4.79 Å². The van der Waals surface area contributed by atoms with Crippen molar-refractivity contribution in [2.24, 2.45) is 11.8 Å². The number of hydrogen-bond acceptors (Lipinski definition) is 7. The highest BCUT2D eigenvalue weighted by atomic mass is 16.5. The molecule has 1 aromatic rings. The smallest absolute Gasteiger partial charge is 0.328 e. The number of fused-ring (bicyclic) bond motifs is 2. The zero-order valence-electron chi connectivity index (χ0n) is 27.0. The SMILES string of the molecule is COC1/C=C/C=C\C=C/CC(OC(=O)C(C)NC(=O)C2CCCCC2)C(C)C(O)/C(C)=C\CCc2cc(O)cc(c2)NC(=O)C1. The maximum atomic E-state index is 13.1. The summed E-state index contributed by atoms with van der Waals surface area (Å²) in [6.45, 7) is 5.33. The fourth-order valence-corrected chi connectivity index (χ4v) is 5.70. The van der Waals surface area contributed by atoms with Crippen molar-refractivity contribution in [3.05, 3.63) is 71.9 Å². The first-order chi connectivity index (χ1) is 21.6. The molecule has 9 nitrogen and oxygen atoms in total. The van der Waals surface area contributed by atoms with E-state index >= 15 is 0 Å². The van der Waals surface area contributed by atoms with Crippen LogP contribution in [-0.4, -0.2) is 59.5 Å². The fourth-order valence-electron chi connectivity index (χ4n) is 5.70. The summed E-state index contributed by atoms with van der Waals surface area (Å²) in [5, 5.41) is 27.2. The van der Waals surface area contributed by atoms with Crippen molar-refractivity contribution in [3.8, 4) is 5.75 Å². The number of phenols is 1. The lowest BCUT2D eigenvalue weighted by atomic mass is 9.88. The average molecular weight is 623 g/mol. The molecule has 2 aliphatic rings. The number of hydrogen-bond donors (Lipinski definition) is 4. The zero-order chi connectivity index (χ0) is 32.8. The monoisotopic (exact) mass is 622 g/mol. The lowest BCUT2D eigenvalue weighted by Gasteiger charge is -2.29. The van der Waals surface area contributed by atoms with Crippen molar-refractivity contribution < 1.29 is 34.1 Å². The molecule has 2 amide bonds. The molecule has 5 atom stereocenters. The first-order valence-electron chi connectivity index (χ1n) is 16.1. The number of carbonyl (C=O) groups is 3. The Kier molecular flexibility index (Phi) is 14.6. The van der Waals surface area contributed by atoms with Crippen molar-refractivity contribution in [1.82, 2.24) is 5.32 Å². The molecule has 1 saturated carbocycles. The van der Waals surface area contributed by atoms with Crippen LogP contribution in [0.4, 0.5) is 5.69 Å². The molecule has 0 spiro atoms. The van der Waals surface area contributed by atoms with Gasteiger partial charge in [0.1, 0.15) is 17.9 Å². The van der Waals surface area contributed by atoms with Crippen molar-refractivity contribution in [2.45, 2.75) is 103 Å². The van der Waals surface area contributed by atoms with Crippen molar-refractivity contribution >= 4 is 23.5 Å². The lowest BCUT2D eigenvalue weighted by Crippen LogP contribution is -2.45. The van der Waals surface area contributed by atoms with Crippen LogP contribution < -0.4 is 10.6 Å². The maximum absolute atomic E-state index is 13.1. The second-order valence-corrected chi connectivity index (χ2v) is 12.2. The summed E-state index contributed by atoms with van der Waals surface area (Å²) >= 11 is 0. The molecule has 0 aromatic heterocycles. The summed E-state index contributed by atoms with van der Waals surface area (Å²) in [6.07, 6.45) is 17.4. The molecule has 1 aliphatic heterocycles. The normalized spacial score (nSPS) is 28.2. The van der Waals surface area contributed by atoms with Gasteiger partial charge in [-0.1, -0.05) is 68.7 Å². The van der Waals surface area contributed by atoms with E-state index in [0.717, 1.165) is 43.2 Å². The number of phenolic OH excluding ortho intramolecular Hbond substituents is 1. The molecule has 45 heavy (non-hydrogen) atoms. The van der Waals surface area contributed by atoms with Gasteiger partial charge >= 0.3 is 5.97 Å². The molecule has 3 rings (SSSR count). The van der Waals surface area contributed by atoms with Gasteiger partial charge in [0.05, 0.1) is 18.6 Å². The Bertz CT molecular complexity index is 1260. The second-order valence-electron chi connectivity index (χ2n) is 12.2. The number of aliphatic hydroxyl groups excluding tert-OH is 1. The van der Waals surface area contributed by atoms with Gasteiger partial charge in [0.15, 0.2) is 0 Å².